The van der Waals surface area contributed by atoms with Crippen LogP contribution in [0.25, 0.3) is 11.0 Å². The Morgan fingerprint density at radius 3 is 2.72 bits per heavy atom. The average molecular weight is 436 g/mol. The maximum absolute atomic E-state index is 13.1. The summed E-state index contributed by atoms with van der Waals surface area (Å²) in [4.78, 5) is 23.6. The maximum Gasteiger partial charge on any atom is 0.257 e. The first-order valence-corrected chi connectivity index (χ1v) is 11.9. The average Bonchev–Trinajstić information content (AvgIpc) is 3.34. The van der Waals surface area contributed by atoms with Gasteiger partial charge in [-0.1, -0.05) is 19.3 Å². The molecule has 1 saturated heterocycles. The summed E-state index contributed by atoms with van der Waals surface area (Å²) in [5.41, 5.74) is 5.66. The predicted octanol–water partition coefficient (Wildman–Crippen LogP) is 4.57. The van der Waals surface area contributed by atoms with Gasteiger partial charge in [0.2, 0.25) is 0 Å². The minimum atomic E-state index is -0.0486. The number of imidazole rings is 1. The molecule has 2 N–H and O–H groups in total. The van der Waals surface area contributed by atoms with E-state index >= 15 is 0 Å². The van der Waals surface area contributed by atoms with Gasteiger partial charge in [-0.2, -0.15) is 0 Å². The molecular formula is C25H33N5O2. The number of H-pyrrole nitrogens is 1. The summed E-state index contributed by atoms with van der Waals surface area (Å²) in [7, 11) is 0. The number of benzene rings is 1. The van der Waals surface area contributed by atoms with Gasteiger partial charge in [0, 0.05) is 36.2 Å². The molecule has 0 radical (unpaired) electrons. The summed E-state index contributed by atoms with van der Waals surface area (Å²) < 4.78 is 7.80. The van der Waals surface area contributed by atoms with Crippen molar-refractivity contribution in [1.82, 2.24) is 19.4 Å². The molecule has 2 fully saturated rings. The predicted molar refractivity (Wildman–Crippen MR) is 126 cm³/mol. The van der Waals surface area contributed by atoms with Crippen LogP contribution in [0.2, 0.25) is 0 Å². The molecular weight excluding hydrogens is 402 g/mol. The van der Waals surface area contributed by atoms with Gasteiger partial charge < -0.3 is 19.6 Å². The van der Waals surface area contributed by atoms with Crippen molar-refractivity contribution in [2.45, 2.75) is 58.5 Å². The molecule has 7 heteroatoms. The molecule has 1 aromatic carbocycles. The number of morpholine rings is 1. The zero-order valence-corrected chi connectivity index (χ0v) is 19.1. The third kappa shape index (κ3) is 4.32. The van der Waals surface area contributed by atoms with Gasteiger partial charge >= 0.3 is 0 Å². The molecule has 3 heterocycles. The number of carbonyl (C=O) groups excluding carboxylic acids is 1. The van der Waals surface area contributed by atoms with E-state index in [0.29, 0.717) is 6.04 Å². The number of nitrogens with zero attached hydrogens (tertiary/aromatic N) is 3. The molecule has 5 rings (SSSR count). The molecule has 32 heavy (non-hydrogen) atoms. The van der Waals surface area contributed by atoms with Crippen LogP contribution in [0.3, 0.4) is 0 Å². The van der Waals surface area contributed by atoms with Gasteiger partial charge in [-0.25, -0.2) is 4.98 Å². The van der Waals surface area contributed by atoms with Crippen molar-refractivity contribution >= 4 is 22.6 Å². The number of hydrogen-bond acceptors (Lipinski definition) is 4. The van der Waals surface area contributed by atoms with Crippen LogP contribution in [0.15, 0.2) is 24.3 Å². The Labute approximate surface area is 189 Å². The number of anilines is 1. The van der Waals surface area contributed by atoms with Crippen LogP contribution >= 0.6 is 0 Å². The SMILES string of the molecule is Cc1cc(C(=O)Nc2ccc3nc(CN4CCOCC4)[nH]c3c2)c(C)n1C1CCCCC1. The fraction of sp³-hybridized carbons (Fsp3) is 0.520. The first-order chi connectivity index (χ1) is 15.6. The highest BCUT2D eigenvalue weighted by molar-refractivity contribution is 6.06. The maximum atomic E-state index is 13.1. The van der Waals surface area contributed by atoms with Crippen LogP contribution in [0, 0.1) is 13.8 Å². The smallest absolute Gasteiger partial charge is 0.257 e. The molecule has 0 spiro atoms. The number of fused-ring (bicyclic) bond motifs is 1. The van der Waals surface area contributed by atoms with Crippen molar-refractivity contribution in [1.29, 1.82) is 0 Å². The van der Waals surface area contributed by atoms with E-state index < -0.39 is 0 Å². The van der Waals surface area contributed by atoms with Gasteiger partial charge in [0.25, 0.3) is 5.91 Å². The minimum Gasteiger partial charge on any atom is -0.379 e. The second-order valence-electron chi connectivity index (χ2n) is 9.20. The van der Waals surface area contributed by atoms with E-state index in [2.05, 4.69) is 33.6 Å². The molecule has 1 amide bonds. The van der Waals surface area contributed by atoms with Crippen molar-refractivity contribution in [2.75, 3.05) is 31.6 Å². The lowest BCUT2D eigenvalue weighted by molar-refractivity contribution is 0.0332. The van der Waals surface area contributed by atoms with E-state index in [1.165, 1.54) is 37.8 Å². The fourth-order valence-corrected chi connectivity index (χ4v) is 5.29. The number of amides is 1. The van der Waals surface area contributed by atoms with Gasteiger partial charge in [0.15, 0.2) is 0 Å². The zero-order valence-electron chi connectivity index (χ0n) is 19.1. The quantitative estimate of drug-likeness (QED) is 0.616. The molecule has 7 nitrogen and oxygen atoms in total. The Hall–Kier alpha value is -2.64. The zero-order chi connectivity index (χ0) is 22.1. The highest BCUT2D eigenvalue weighted by atomic mass is 16.5. The molecule has 2 aromatic heterocycles. The van der Waals surface area contributed by atoms with Crippen molar-refractivity contribution in [2.24, 2.45) is 0 Å². The first-order valence-electron chi connectivity index (χ1n) is 11.9. The van der Waals surface area contributed by atoms with Crippen molar-refractivity contribution in [3.05, 3.63) is 47.0 Å². The number of carbonyl (C=O) groups is 1. The van der Waals surface area contributed by atoms with Crippen LogP contribution in [0.5, 0.6) is 0 Å². The molecule has 3 aromatic rings. The van der Waals surface area contributed by atoms with Crippen LogP contribution in [-0.4, -0.2) is 51.6 Å². The highest BCUT2D eigenvalue weighted by Gasteiger charge is 2.23. The third-order valence-corrected chi connectivity index (χ3v) is 6.93. The number of aryl methyl sites for hydroxylation is 1. The Balaban J connectivity index is 1.31. The van der Waals surface area contributed by atoms with E-state index in [0.717, 1.165) is 66.7 Å². The second-order valence-corrected chi connectivity index (χ2v) is 9.20. The molecule has 0 bridgehead atoms. The normalized spacial score (nSPS) is 18.3. The number of hydrogen-bond donors (Lipinski definition) is 2. The van der Waals surface area contributed by atoms with E-state index in [1.54, 1.807) is 0 Å². The lowest BCUT2D eigenvalue weighted by atomic mass is 9.95. The van der Waals surface area contributed by atoms with Crippen LogP contribution in [0.4, 0.5) is 5.69 Å². The number of nitrogens with one attached hydrogen (secondary N) is 2. The topological polar surface area (TPSA) is 75.2 Å². The standard InChI is InChI=1S/C25H33N5O2/c1-17-14-21(18(2)30(17)20-6-4-3-5-7-20)25(31)26-19-8-9-22-23(15-19)28-24(27-22)16-29-10-12-32-13-11-29/h8-9,14-15,20H,3-7,10-13,16H2,1-2H3,(H,26,31)(H,27,28). The van der Waals surface area contributed by atoms with Crippen LogP contribution < -0.4 is 5.32 Å². The fourth-order valence-electron chi connectivity index (χ4n) is 5.29. The molecule has 0 atom stereocenters. The summed E-state index contributed by atoms with van der Waals surface area (Å²) in [5, 5.41) is 3.10. The van der Waals surface area contributed by atoms with E-state index in [-0.39, 0.29) is 5.91 Å². The number of aromatic nitrogens is 3. The van der Waals surface area contributed by atoms with Crippen LogP contribution in [0.1, 0.15) is 65.7 Å². The monoisotopic (exact) mass is 435 g/mol. The Morgan fingerprint density at radius 1 is 1.16 bits per heavy atom. The largest absolute Gasteiger partial charge is 0.379 e. The molecule has 1 aliphatic carbocycles. The van der Waals surface area contributed by atoms with Crippen molar-refractivity contribution in [3.63, 3.8) is 0 Å². The molecule has 1 aliphatic heterocycles. The number of ether oxygens (including phenoxy) is 1. The molecule has 2 aliphatic rings. The summed E-state index contributed by atoms with van der Waals surface area (Å²) in [5.74, 6) is 0.897. The summed E-state index contributed by atoms with van der Waals surface area (Å²) in [6.45, 7) is 8.38. The summed E-state index contributed by atoms with van der Waals surface area (Å²) >= 11 is 0. The van der Waals surface area contributed by atoms with E-state index in [4.69, 9.17) is 9.72 Å². The van der Waals surface area contributed by atoms with Gasteiger partial charge in [0.05, 0.1) is 36.4 Å². The van der Waals surface area contributed by atoms with Gasteiger partial charge in [-0.3, -0.25) is 9.69 Å². The third-order valence-electron chi connectivity index (χ3n) is 6.93. The second kappa shape index (κ2) is 9.08. The van der Waals surface area contributed by atoms with Gasteiger partial charge in [-0.15, -0.1) is 0 Å². The van der Waals surface area contributed by atoms with E-state index in [1.807, 2.05) is 24.3 Å². The Morgan fingerprint density at radius 2 is 1.94 bits per heavy atom. The summed E-state index contributed by atoms with van der Waals surface area (Å²) in [6.07, 6.45) is 6.30. The molecule has 0 unspecified atom stereocenters. The highest BCUT2D eigenvalue weighted by Crippen LogP contribution is 2.32. The van der Waals surface area contributed by atoms with Gasteiger partial charge in [-0.05, 0) is 51.0 Å². The Kier molecular flexibility index (Phi) is 6.02. The number of aromatic amines is 1. The minimum absolute atomic E-state index is 0.0486. The van der Waals surface area contributed by atoms with Gasteiger partial charge in [0.1, 0.15) is 5.82 Å². The number of rotatable bonds is 5. The first kappa shape index (κ1) is 21.2. The lowest BCUT2D eigenvalue weighted by Crippen LogP contribution is -2.35. The Bertz CT molecular complexity index is 1100. The summed E-state index contributed by atoms with van der Waals surface area (Å²) in [6, 6.07) is 8.43. The lowest BCUT2D eigenvalue weighted by Gasteiger charge is -2.26. The van der Waals surface area contributed by atoms with Crippen LogP contribution in [-0.2, 0) is 11.3 Å². The van der Waals surface area contributed by atoms with E-state index in [9.17, 15) is 4.79 Å². The van der Waals surface area contributed by atoms with Crippen molar-refractivity contribution in [3.8, 4) is 0 Å². The molecule has 1 saturated carbocycles. The molecule has 170 valence electrons. The van der Waals surface area contributed by atoms with Crippen molar-refractivity contribution < 1.29 is 9.53 Å².